The normalized spacial score (nSPS) is 14.4. The minimum atomic E-state index is -0.0264. The highest BCUT2D eigenvalue weighted by Crippen LogP contribution is 2.21. The van der Waals surface area contributed by atoms with E-state index in [4.69, 9.17) is 0 Å². The van der Waals surface area contributed by atoms with Gasteiger partial charge in [0.15, 0.2) is 0 Å². The topological polar surface area (TPSA) is 61.4 Å². The van der Waals surface area contributed by atoms with E-state index in [-0.39, 0.29) is 11.9 Å². The molecule has 3 amide bonds. The Morgan fingerprint density at radius 3 is 2.38 bits per heavy atom. The molecule has 5 heteroatoms. The van der Waals surface area contributed by atoms with Gasteiger partial charge in [-0.1, -0.05) is 48.0 Å². The van der Waals surface area contributed by atoms with Crippen molar-refractivity contribution < 1.29 is 9.59 Å². The number of hydrogen-bond acceptors (Lipinski definition) is 2. The lowest BCUT2D eigenvalue weighted by molar-refractivity contribution is -0.121. The summed E-state index contributed by atoms with van der Waals surface area (Å²) in [4.78, 5) is 26.3. The van der Waals surface area contributed by atoms with Gasteiger partial charge in [-0.15, -0.1) is 0 Å². The number of hydrogen-bond donors (Lipinski definition) is 2. The first-order chi connectivity index (χ1) is 14.1. The summed E-state index contributed by atoms with van der Waals surface area (Å²) in [5.41, 5.74) is 3.20. The van der Waals surface area contributed by atoms with Gasteiger partial charge in [0.05, 0.1) is 0 Å². The molecular weight excluding hydrogens is 362 g/mol. The second-order valence-corrected chi connectivity index (χ2v) is 7.85. The molecule has 2 N–H and O–H groups in total. The smallest absolute Gasteiger partial charge is 0.321 e. The van der Waals surface area contributed by atoms with E-state index >= 15 is 0 Å². The van der Waals surface area contributed by atoms with Crippen molar-refractivity contribution in [3.63, 3.8) is 0 Å². The van der Waals surface area contributed by atoms with Crippen LogP contribution in [0.15, 0.2) is 54.6 Å². The van der Waals surface area contributed by atoms with Crippen LogP contribution in [0.2, 0.25) is 0 Å². The van der Waals surface area contributed by atoms with Gasteiger partial charge in [-0.25, -0.2) is 4.79 Å². The van der Waals surface area contributed by atoms with Crippen molar-refractivity contribution in [3.05, 3.63) is 65.7 Å². The van der Waals surface area contributed by atoms with Crippen LogP contribution in [-0.2, 0) is 11.2 Å². The Hall–Kier alpha value is -2.82. The number of piperidine rings is 1. The van der Waals surface area contributed by atoms with Crippen molar-refractivity contribution in [1.82, 2.24) is 10.2 Å². The van der Waals surface area contributed by atoms with Gasteiger partial charge in [0, 0.05) is 31.7 Å². The van der Waals surface area contributed by atoms with E-state index in [0.717, 1.165) is 44.5 Å². The molecule has 2 aromatic carbocycles. The number of carbonyl (C=O) groups excluding carboxylic acids is 2. The third-order valence-corrected chi connectivity index (χ3v) is 5.56. The average Bonchev–Trinajstić information content (AvgIpc) is 2.75. The summed E-state index contributed by atoms with van der Waals surface area (Å²) in [5, 5.41) is 6.01. The fourth-order valence-corrected chi connectivity index (χ4v) is 3.67. The molecule has 1 aliphatic heterocycles. The van der Waals surface area contributed by atoms with Crippen molar-refractivity contribution in [2.75, 3.05) is 25.0 Å². The zero-order valence-electron chi connectivity index (χ0n) is 17.2. The van der Waals surface area contributed by atoms with Gasteiger partial charge in [0.1, 0.15) is 0 Å². The molecule has 2 aromatic rings. The van der Waals surface area contributed by atoms with Crippen LogP contribution in [0.25, 0.3) is 0 Å². The molecule has 0 atom stereocenters. The molecule has 1 saturated heterocycles. The van der Waals surface area contributed by atoms with Gasteiger partial charge in [0.25, 0.3) is 0 Å². The van der Waals surface area contributed by atoms with Gasteiger partial charge in [-0.05, 0) is 56.2 Å². The van der Waals surface area contributed by atoms with Gasteiger partial charge < -0.3 is 15.5 Å². The fraction of sp³-hybridized carbons (Fsp3) is 0.417. The lowest BCUT2D eigenvalue weighted by Gasteiger charge is -2.32. The van der Waals surface area contributed by atoms with E-state index in [2.05, 4.69) is 22.8 Å². The maximum absolute atomic E-state index is 12.4. The number of nitrogens with zero attached hydrogens (tertiary/aromatic N) is 1. The molecular formula is C24H31N3O2. The summed E-state index contributed by atoms with van der Waals surface area (Å²) in [6.07, 6.45) is 4.26. The highest BCUT2D eigenvalue weighted by atomic mass is 16.2. The third kappa shape index (κ3) is 6.93. The summed E-state index contributed by atoms with van der Waals surface area (Å²) >= 11 is 0. The lowest BCUT2D eigenvalue weighted by atomic mass is 9.93. The maximum atomic E-state index is 12.4. The number of benzene rings is 2. The Morgan fingerprint density at radius 1 is 1.00 bits per heavy atom. The predicted octanol–water partition coefficient (Wildman–Crippen LogP) is 4.38. The average molecular weight is 394 g/mol. The number of anilines is 1. The molecule has 0 aliphatic carbocycles. The largest absolute Gasteiger partial charge is 0.356 e. The van der Waals surface area contributed by atoms with Crippen molar-refractivity contribution in [2.24, 2.45) is 5.92 Å². The van der Waals surface area contributed by atoms with E-state index in [1.165, 1.54) is 11.1 Å². The zero-order chi connectivity index (χ0) is 20.5. The first-order valence-electron chi connectivity index (χ1n) is 10.5. The number of amides is 3. The summed E-state index contributed by atoms with van der Waals surface area (Å²) in [5.74, 6) is 0.677. The molecule has 1 aliphatic rings. The molecule has 29 heavy (non-hydrogen) atoms. The SMILES string of the molecule is Cc1ccc(NC(=O)N2CCC(CCNC(=O)CCc3ccccc3)CC2)cc1. The number of carbonyl (C=O) groups is 2. The summed E-state index contributed by atoms with van der Waals surface area (Å²) < 4.78 is 0. The predicted molar refractivity (Wildman–Crippen MR) is 117 cm³/mol. The number of rotatable bonds is 7. The number of likely N-dealkylation sites (tertiary alicyclic amines) is 1. The lowest BCUT2D eigenvalue weighted by Crippen LogP contribution is -2.41. The number of nitrogens with one attached hydrogen (secondary N) is 2. The Balaban J connectivity index is 1.30. The highest BCUT2D eigenvalue weighted by Gasteiger charge is 2.22. The van der Waals surface area contributed by atoms with Crippen LogP contribution in [-0.4, -0.2) is 36.5 Å². The van der Waals surface area contributed by atoms with Crippen LogP contribution in [0.3, 0.4) is 0 Å². The first-order valence-corrected chi connectivity index (χ1v) is 10.5. The van der Waals surface area contributed by atoms with Crippen LogP contribution in [0.5, 0.6) is 0 Å². The zero-order valence-corrected chi connectivity index (χ0v) is 17.2. The standard InChI is InChI=1S/C24H31N3O2/c1-19-7-10-22(11-8-19)26-24(29)27-17-14-21(15-18-27)13-16-25-23(28)12-9-20-5-3-2-4-6-20/h2-8,10-11,21H,9,12-18H2,1H3,(H,25,28)(H,26,29). The fourth-order valence-electron chi connectivity index (χ4n) is 3.67. The van der Waals surface area contributed by atoms with E-state index in [1.54, 1.807) is 0 Å². The quantitative estimate of drug-likeness (QED) is 0.733. The highest BCUT2D eigenvalue weighted by molar-refractivity contribution is 5.89. The summed E-state index contributed by atoms with van der Waals surface area (Å²) in [6.45, 7) is 4.28. The minimum Gasteiger partial charge on any atom is -0.356 e. The van der Waals surface area contributed by atoms with Crippen molar-refractivity contribution in [1.29, 1.82) is 0 Å². The first kappa shape index (κ1) is 20.9. The van der Waals surface area contributed by atoms with E-state index < -0.39 is 0 Å². The maximum Gasteiger partial charge on any atom is 0.321 e. The summed E-state index contributed by atoms with van der Waals surface area (Å²) in [6, 6.07) is 17.9. The van der Waals surface area contributed by atoms with Gasteiger partial charge in [0.2, 0.25) is 5.91 Å². The Kier molecular flexibility index (Phi) is 7.68. The number of urea groups is 1. The van der Waals surface area contributed by atoms with E-state index in [1.807, 2.05) is 54.3 Å². The molecule has 0 radical (unpaired) electrons. The Morgan fingerprint density at radius 2 is 1.69 bits per heavy atom. The van der Waals surface area contributed by atoms with Gasteiger partial charge >= 0.3 is 6.03 Å². The number of aryl methyl sites for hydroxylation is 2. The van der Waals surface area contributed by atoms with E-state index in [9.17, 15) is 9.59 Å². The minimum absolute atomic E-state index is 0.0264. The second-order valence-electron chi connectivity index (χ2n) is 7.85. The monoisotopic (exact) mass is 393 g/mol. The molecule has 1 heterocycles. The Bertz CT molecular complexity index is 782. The summed E-state index contributed by atoms with van der Waals surface area (Å²) in [7, 11) is 0. The third-order valence-electron chi connectivity index (χ3n) is 5.56. The van der Waals surface area contributed by atoms with Gasteiger partial charge in [-0.3, -0.25) is 4.79 Å². The van der Waals surface area contributed by atoms with Gasteiger partial charge in [-0.2, -0.15) is 0 Å². The van der Waals surface area contributed by atoms with Crippen molar-refractivity contribution >= 4 is 17.6 Å². The molecule has 0 unspecified atom stereocenters. The molecule has 0 spiro atoms. The van der Waals surface area contributed by atoms with Crippen LogP contribution in [0.1, 0.15) is 36.8 Å². The molecule has 1 fully saturated rings. The van der Waals surface area contributed by atoms with Crippen LogP contribution < -0.4 is 10.6 Å². The Labute approximate surface area is 173 Å². The molecule has 5 nitrogen and oxygen atoms in total. The van der Waals surface area contributed by atoms with Crippen LogP contribution >= 0.6 is 0 Å². The molecule has 0 saturated carbocycles. The molecule has 154 valence electrons. The van der Waals surface area contributed by atoms with Crippen molar-refractivity contribution in [2.45, 2.75) is 39.0 Å². The van der Waals surface area contributed by atoms with Crippen LogP contribution in [0.4, 0.5) is 10.5 Å². The van der Waals surface area contributed by atoms with E-state index in [0.29, 0.717) is 18.9 Å². The van der Waals surface area contributed by atoms with Crippen molar-refractivity contribution in [3.8, 4) is 0 Å². The van der Waals surface area contributed by atoms with Crippen LogP contribution in [0, 0.1) is 12.8 Å². The molecule has 3 rings (SSSR count). The molecule has 0 bridgehead atoms. The second kappa shape index (κ2) is 10.6. The molecule has 0 aromatic heterocycles.